The van der Waals surface area contributed by atoms with Crippen LogP contribution in [-0.2, 0) is 0 Å². The molecule has 0 amide bonds. The fourth-order valence-corrected chi connectivity index (χ4v) is 1.44. The van der Waals surface area contributed by atoms with E-state index in [9.17, 15) is 0 Å². The smallest absolute Gasteiger partial charge is 0.00392 e. The van der Waals surface area contributed by atoms with E-state index in [4.69, 9.17) is 11.5 Å². The van der Waals surface area contributed by atoms with Crippen LogP contribution in [-0.4, -0.2) is 38.8 Å². The fourth-order valence-electron chi connectivity index (χ4n) is 1.44. The number of nitrogens with one attached hydrogen (secondary N) is 2. The zero-order valence-electron chi connectivity index (χ0n) is 10.1. The molecule has 0 aliphatic carbocycles. The van der Waals surface area contributed by atoms with Gasteiger partial charge < -0.3 is 22.1 Å². The maximum atomic E-state index is 5.45. The molecule has 0 saturated heterocycles. The Kier molecular flexibility index (Phi) is 11.8. The molecule has 0 aromatic rings. The van der Waals surface area contributed by atoms with Crippen LogP contribution in [0.5, 0.6) is 0 Å². The molecule has 0 rings (SSSR count). The summed E-state index contributed by atoms with van der Waals surface area (Å²) in [5, 5.41) is 6.85. The Bertz CT molecular complexity index is 119. The van der Waals surface area contributed by atoms with Gasteiger partial charge in [-0.15, -0.1) is 0 Å². The average Bonchev–Trinajstić information content (AvgIpc) is 2.25. The van der Waals surface area contributed by atoms with Crippen molar-refractivity contribution in [3.63, 3.8) is 0 Å². The van der Waals surface area contributed by atoms with Crippen molar-refractivity contribution in [3.05, 3.63) is 0 Å². The summed E-state index contributed by atoms with van der Waals surface area (Å²) in [6, 6.07) is 0.595. The quantitative estimate of drug-likeness (QED) is 0.368. The Balaban J connectivity index is 3.02. The minimum absolute atomic E-state index is 0.595. The van der Waals surface area contributed by atoms with Gasteiger partial charge in [0.05, 0.1) is 0 Å². The van der Waals surface area contributed by atoms with E-state index >= 15 is 0 Å². The van der Waals surface area contributed by atoms with Gasteiger partial charge in [0, 0.05) is 6.04 Å². The number of nitrogens with two attached hydrogens (primary N) is 2. The van der Waals surface area contributed by atoms with Crippen molar-refractivity contribution in [1.82, 2.24) is 10.6 Å². The normalized spacial score (nSPS) is 13.0. The summed E-state index contributed by atoms with van der Waals surface area (Å²) >= 11 is 0. The Morgan fingerprint density at radius 1 is 0.933 bits per heavy atom. The van der Waals surface area contributed by atoms with Crippen LogP contribution in [0, 0.1) is 0 Å². The molecule has 0 heterocycles. The van der Waals surface area contributed by atoms with E-state index in [0.717, 1.165) is 45.6 Å². The van der Waals surface area contributed by atoms with Crippen LogP contribution >= 0.6 is 0 Å². The second-order valence-electron chi connectivity index (χ2n) is 4.03. The molecule has 0 aliphatic heterocycles. The van der Waals surface area contributed by atoms with Crippen LogP contribution in [0.25, 0.3) is 0 Å². The first-order valence-corrected chi connectivity index (χ1v) is 6.15. The van der Waals surface area contributed by atoms with Crippen LogP contribution in [0.3, 0.4) is 0 Å². The number of rotatable bonds is 11. The number of hydrogen-bond acceptors (Lipinski definition) is 4. The van der Waals surface area contributed by atoms with E-state index in [1.54, 1.807) is 0 Å². The molecule has 0 saturated carbocycles. The summed E-state index contributed by atoms with van der Waals surface area (Å²) in [6.45, 7) is 7.00. The Morgan fingerprint density at radius 2 is 1.60 bits per heavy atom. The molecule has 1 unspecified atom stereocenters. The van der Waals surface area contributed by atoms with Crippen LogP contribution < -0.4 is 22.1 Å². The van der Waals surface area contributed by atoms with Gasteiger partial charge in [0.1, 0.15) is 0 Å². The summed E-state index contributed by atoms with van der Waals surface area (Å²) in [7, 11) is 0. The average molecular weight is 216 g/mol. The molecule has 0 aromatic heterocycles. The van der Waals surface area contributed by atoms with E-state index in [1.807, 2.05) is 0 Å². The summed E-state index contributed by atoms with van der Waals surface area (Å²) in [4.78, 5) is 0. The van der Waals surface area contributed by atoms with E-state index in [-0.39, 0.29) is 0 Å². The van der Waals surface area contributed by atoms with Crippen molar-refractivity contribution in [1.29, 1.82) is 0 Å². The predicted molar refractivity (Wildman–Crippen MR) is 66.9 cm³/mol. The van der Waals surface area contributed by atoms with Crippen molar-refractivity contribution in [3.8, 4) is 0 Å². The van der Waals surface area contributed by atoms with Crippen LogP contribution in [0.1, 0.15) is 32.6 Å². The third-order valence-corrected chi connectivity index (χ3v) is 2.42. The molecule has 6 N–H and O–H groups in total. The number of hydrogen-bond donors (Lipinski definition) is 4. The van der Waals surface area contributed by atoms with Gasteiger partial charge in [-0.1, -0.05) is 0 Å². The first-order chi connectivity index (χ1) is 7.31. The lowest BCUT2D eigenvalue weighted by atomic mass is 10.2. The third-order valence-electron chi connectivity index (χ3n) is 2.42. The largest absolute Gasteiger partial charge is 0.330 e. The third kappa shape index (κ3) is 11.8. The first kappa shape index (κ1) is 14.8. The molecule has 1 atom stereocenters. The molecule has 0 radical (unpaired) electrons. The Morgan fingerprint density at radius 3 is 2.27 bits per heavy atom. The van der Waals surface area contributed by atoms with Crippen LogP contribution in [0.15, 0.2) is 0 Å². The summed E-state index contributed by atoms with van der Waals surface area (Å²) in [6.07, 6.45) is 4.54. The van der Waals surface area contributed by atoms with Gasteiger partial charge in [-0.25, -0.2) is 0 Å². The minimum atomic E-state index is 0.595. The zero-order chi connectivity index (χ0) is 11.4. The first-order valence-electron chi connectivity index (χ1n) is 6.15. The lowest BCUT2D eigenvalue weighted by Gasteiger charge is -2.13. The molecule has 0 fully saturated rings. The minimum Gasteiger partial charge on any atom is -0.330 e. The van der Waals surface area contributed by atoms with Gasteiger partial charge in [0.25, 0.3) is 0 Å². The van der Waals surface area contributed by atoms with Crippen molar-refractivity contribution in [2.45, 2.75) is 38.6 Å². The summed E-state index contributed by atoms with van der Waals surface area (Å²) in [5.41, 5.74) is 10.8. The van der Waals surface area contributed by atoms with Crippen molar-refractivity contribution < 1.29 is 0 Å². The summed E-state index contributed by atoms with van der Waals surface area (Å²) < 4.78 is 0. The van der Waals surface area contributed by atoms with Crippen LogP contribution in [0.4, 0.5) is 0 Å². The van der Waals surface area contributed by atoms with Gasteiger partial charge >= 0.3 is 0 Å². The van der Waals surface area contributed by atoms with Gasteiger partial charge in [-0.05, 0) is 65.3 Å². The van der Waals surface area contributed by atoms with Gasteiger partial charge in [-0.2, -0.15) is 0 Å². The van der Waals surface area contributed by atoms with Crippen molar-refractivity contribution in [2.75, 3.05) is 32.7 Å². The Hall–Kier alpha value is -0.160. The van der Waals surface area contributed by atoms with Gasteiger partial charge in [-0.3, -0.25) is 0 Å². The van der Waals surface area contributed by atoms with E-state index in [0.29, 0.717) is 6.04 Å². The summed E-state index contributed by atoms with van der Waals surface area (Å²) in [5.74, 6) is 0. The van der Waals surface area contributed by atoms with E-state index in [1.165, 1.54) is 12.8 Å². The van der Waals surface area contributed by atoms with E-state index < -0.39 is 0 Å². The highest BCUT2D eigenvalue weighted by Crippen LogP contribution is 1.93. The molecule has 0 bridgehead atoms. The molecule has 15 heavy (non-hydrogen) atoms. The topological polar surface area (TPSA) is 76.1 Å². The van der Waals surface area contributed by atoms with Crippen molar-refractivity contribution >= 4 is 0 Å². The highest BCUT2D eigenvalue weighted by Gasteiger charge is 1.98. The molecular formula is C11H28N4. The fraction of sp³-hybridized carbons (Fsp3) is 1.00. The van der Waals surface area contributed by atoms with Gasteiger partial charge in [0.2, 0.25) is 0 Å². The molecule has 4 nitrogen and oxygen atoms in total. The second kappa shape index (κ2) is 11.9. The lowest BCUT2D eigenvalue weighted by molar-refractivity contribution is 0.487. The predicted octanol–water partition coefficient (Wildman–Crippen LogP) is 0.0319. The lowest BCUT2D eigenvalue weighted by Crippen LogP contribution is -2.30. The molecular weight excluding hydrogens is 188 g/mol. The van der Waals surface area contributed by atoms with Crippen molar-refractivity contribution in [2.24, 2.45) is 11.5 Å². The highest BCUT2D eigenvalue weighted by atomic mass is 14.9. The SMILES string of the molecule is CC(CCCN)NCCCNCCCN. The standard InChI is InChI=1S/C11H28N4/c1-11(5-2-6-12)15-10-4-9-14-8-3-7-13/h11,14-15H,2-10,12-13H2,1H3. The molecule has 0 aromatic carbocycles. The molecule has 4 heteroatoms. The monoisotopic (exact) mass is 216 g/mol. The highest BCUT2D eigenvalue weighted by molar-refractivity contribution is 4.61. The van der Waals surface area contributed by atoms with E-state index in [2.05, 4.69) is 17.6 Å². The molecule has 92 valence electrons. The molecule has 0 aliphatic rings. The molecule has 0 spiro atoms. The van der Waals surface area contributed by atoms with Crippen LogP contribution in [0.2, 0.25) is 0 Å². The maximum Gasteiger partial charge on any atom is 0.00392 e. The maximum absolute atomic E-state index is 5.45. The zero-order valence-corrected chi connectivity index (χ0v) is 10.1. The second-order valence-corrected chi connectivity index (χ2v) is 4.03. The Labute approximate surface area is 94.2 Å². The van der Waals surface area contributed by atoms with Gasteiger partial charge in [0.15, 0.2) is 0 Å².